The second-order valence-electron chi connectivity index (χ2n) is 4.62. The van der Waals surface area contributed by atoms with Crippen molar-refractivity contribution in [1.29, 1.82) is 0 Å². The van der Waals surface area contributed by atoms with Gasteiger partial charge in [-0.05, 0) is 20.8 Å². The minimum absolute atomic E-state index is 0. The molecule has 0 aromatic rings. The molecule has 16 heavy (non-hydrogen) atoms. The zero-order valence-corrected chi connectivity index (χ0v) is 11.5. The van der Waals surface area contributed by atoms with Gasteiger partial charge in [-0.1, -0.05) is 0 Å². The summed E-state index contributed by atoms with van der Waals surface area (Å²) in [6, 6.07) is 0.749. The van der Waals surface area contributed by atoms with Crippen molar-refractivity contribution < 1.29 is 4.79 Å². The maximum Gasteiger partial charge on any atom is 0.236 e. The van der Waals surface area contributed by atoms with Crippen molar-refractivity contribution in [3.8, 4) is 0 Å². The number of likely N-dealkylation sites (N-methyl/N-ethyl adjacent to an activating group) is 1. The molecule has 1 atom stereocenters. The Bertz CT molecular complexity index is 223. The van der Waals surface area contributed by atoms with Crippen molar-refractivity contribution in [2.75, 3.05) is 33.2 Å². The van der Waals surface area contributed by atoms with Crippen molar-refractivity contribution in [3.63, 3.8) is 0 Å². The van der Waals surface area contributed by atoms with Gasteiger partial charge in [0.15, 0.2) is 0 Å². The highest BCUT2D eigenvalue weighted by molar-refractivity contribution is 5.85. The summed E-state index contributed by atoms with van der Waals surface area (Å²) >= 11 is 0. The first-order valence-corrected chi connectivity index (χ1v) is 5.72. The molecule has 1 aliphatic rings. The smallest absolute Gasteiger partial charge is 0.236 e. The summed E-state index contributed by atoms with van der Waals surface area (Å²) in [4.78, 5) is 15.9. The Labute approximate surface area is 105 Å². The lowest BCUT2D eigenvalue weighted by Crippen LogP contribution is -2.53. The molecule has 0 aromatic carbocycles. The first-order valence-electron chi connectivity index (χ1n) is 5.72. The largest absolute Gasteiger partial charge is 0.342 e. The van der Waals surface area contributed by atoms with Crippen LogP contribution in [0.15, 0.2) is 0 Å². The molecule has 1 aliphatic heterocycles. The number of hydrogen-bond donors (Lipinski definition) is 1. The molecule has 1 rings (SSSR count). The molecule has 1 N–H and O–H groups in total. The lowest BCUT2D eigenvalue weighted by atomic mass is 10.2. The van der Waals surface area contributed by atoms with E-state index in [2.05, 4.69) is 17.1 Å². The lowest BCUT2D eigenvalue weighted by molar-refractivity contribution is -0.133. The molecule has 1 fully saturated rings. The summed E-state index contributed by atoms with van der Waals surface area (Å²) < 4.78 is 0. The molecule has 1 heterocycles. The van der Waals surface area contributed by atoms with Crippen molar-refractivity contribution in [2.24, 2.45) is 0 Å². The second kappa shape index (κ2) is 7.09. The van der Waals surface area contributed by atoms with Gasteiger partial charge in [-0.3, -0.25) is 9.69 Å². The van der Waals surface area contributed by atoms with Gasteiger partial charge in [0.05, 0.1) is 6.54 Å². The van der Waals surface area contributed by atoms with Crippen LogP contribution in [0, 0.1) is 0 Å². The fraction of sp³-hybridized carbons (Fsp3) is 0.909. The fourth-order valence-corrected chi connectivity index (χ4v) is 1.69. The van der Waals surface area contributed by atoms with Gasteiger partial charge in [-0.2, -0.15) is 0 Å². The SMILES string of the molecule is CC(C)N(C)C(=O)CN1CCNC[C@H]1C.Cl. The average Bonchev–Trinajstić information content (AvgIpc) is 2.20. The second-order valence-corrected chi connectivity index (χ2v) is 4.62. The third-order valence-corrected chi connectivity index (χ3v) is 3.15. The van der Waals surface area contributed by atoms with Crippen LogP contribution in [0.25, 0.3) is 0 Å². The summed E-state index contributed by atoms with van der Waals surface area (Å²) in [5.41, 5.74) is 0. The zero-order chi connectivity index (χ0) is 11.4. The molecule has 0 radical (unpaired) electrons. The van der Waals surface area contributed by atoms with Crippen LogP contribution in [0.2, 0.25) is 0 Å². The van der Waals surface area contributed by atoms with E-state index in [4.69, 9.17) is 0 Å². The number of carbonyl (C=O) groups excluding carboxylic acids is 1. The summed E-state index contributed by atoms with van der Waals surface area (Å²) in [6.45, 7) is 9.74. The predicted molar refractivity (Wildman–Crippen MR) is 69.1 cm³/mol. The molecule has 4 nitrogen and oxygen atoms in total. The molecule has 0 saturated carbocycles. The minimum Gasteiger partial charge on any atom is -0.342 e. The molecule has 1 amide bonds. The Kier molecular flexibility index (Phi) is 6.95. The van der Waals surface area contributed by atoms with Gasteiger partial charge in [-0.25, -0.2) is 0 Å². The number of piperazine rings is 1. The summed E-state index contributed by atoms with van der Waals surface area (Å²) in [5.74, 6) is 0.221. The first-order chi connectivity index (χ1) is 7.02. The number of nitrogens with one attached hydrogen (secondary N) is 1. The molecular formula is C11H24ClN3O. The molecular weight excluding hydrogens is 226 g/mol. The first kappa shape index (κ1) is 15.7. The molecule has 0 unspecified atom stereocenters. The van der Waals surface area contributed by atoms with E-state index in [9.17, 15) is 4.79 Å². The van der Waals surface area contributed by atoms with Crippen LogP contribution in [0.5, 0.6) is 0 Å². The quantitative estimate of drug-likeness (QED) is 0.795. The number of nitrogens with zero attached hydrogens (tertiary/aromatic N) is 2. The van der Waals surface area contributed by atoms with Crippen LogP contribution >= 0.6 is 12.4 Å². The molecule has 1 saturated heterocycles. The van der Waals surface area contributed by atoms with Crippen LogP contribution < -0.4 is 5.32 Å². The van der Waals surface area contributed by atoms with E-state index >= 15 is 0 Å². The van der Waals surface area contributed by atoms with Crippen LogP contribution in [0.4, 0.5) is 0 Å². The molecule has 5 heteroatoms. The number of halogens is 1. The molecule has 0 spiro atoms. The third-order valence-electron chi connectivity index (χ3n) is 3.15. The molecule has 0 bridgehead atoms. The van der Waals surface area contributed by atoms with E-state index in [1.54, 1.807) is 0 Å². The lowest BCUT2D eigenvalue weighted by Gasteiger charge is -2.34. The Morgan fingerprint density at radius 2 is 2.19 bits per heavy atom. The van der Waals surface area contributed by atoms with Crippen LogP contribution in [0.1, 0.15) is 20.8 Å². The Morgan fingerprint density at radius 3 is 2.69 bits per heavy atom. The Hall–Kier alpha value is -0.320. The monoisotopic (exact) mass is 249 g/mol. The number of carbonyl (C=O) groups is 1. The average molecular weight is 250 g/mol. The van der Waals surface area contributed by atoms with Gasteiger partial charge in [0, 0.05) is 38.8 Å². The summed E-state index contributed by atoms with van der Waals surface area (Å²) in [5, 5.41) is 3.32. The van der Waals surface area contributed by atoms with Crippen molar-refractivity contribution in [3.05, 3.63) is 0 Å². The van der Waals surface area contributed by atoms with Gasteiger partial charge in [-0.15, -0.1) is 12.4 Å². The summed E-state index contributed by atoms with van der Waals surface area (Å²) in [7, 11) is 1.87. The van der Waals surface area contributed by atoms with Gasteiger partial charge in [0.2, 0.25) is 5.91 Å². The topological polar surface area (TPSA) is 35.6 Å². The van der Waals surface area contributed by atoms with E-state index in [-0.39, 0.29) is 24.4 Å². The Morgan fingerprint density at radius 1 is 1.56 bits per heavy atom. The number of hydrogen-bond acceptors (Lipinski definition) is 3. The van der Waals surface area contributed by atoms with Gasteiger partial charge in [0.25, 0.3) is 0 Å². The highest BCUT2D eigenvalue weighted by Crippen LogP contribution is 2.04. The number of amides is 1. The van der Waals surface area contributed by atoms with E-state index in [0.717, 1.165) is 19.6 Å². The highest BCUT2D eigenvalue weighted by atomic mass is 35.5. The normalized spacial score (nSPS) is 21.7. The number of rotatable bonds is 3. The van der Waals surface area contributed by atoms with Gasteiger partial charge >= 0.3 is 0 Å². The molecule has 0 aromatic heterocycles. The van der Waals surface area contributed by atoms with Gasteiger partial charge < -0.3 is 10.2 Å². The van der Waals surface area contributed by atoms with E-state index < -0.39 is 0 Å². The molecule has 96 valence electrons. The molecule has 0 aliphatic carbocycles. The van der Waals surface area contributed by atoms with Gasteiger partial charge in [0.1, 0.15) is 0 Å². The zero-order valence-electron chi connectivity index (χ0n) is 10.7. The predicted octanol–water partition coefficient (Wildman–Crippen LogP) is 0.569. The van der Waals surface area contributed by atoms with E-state index in [1.807, 2.05) is 25.8 Å². The standard InChI is InChI=1S/C11H23N3O.ClH/c1-9(2)13(4)11(15)8-14-6-5-12-7-10(14)3;/h9-10,12H,5-8H2,1-4H3;1H/t10-;/m1./s1. The van der Waals surface area contributed by atoms with Crippen LogP contribution in [0.3, 0.4) is 0 Å². The van der Waals surface area contributed by atoms with E-state index in [0.29, 0.717) is 12.6 Å². The Balaban J connectivity index is 0.00000225. The summed E-state index contributed by atoms with van der Waals surface area (Å²) in [6.07, 6.45) is 0. The van der Waals surface area contributed by atoms with Crippen molar-refractivity contribution in [2.45, 2.75) is 32.9 Å². The minimum atomic E-state index is 0. The highest BCUT2D eigenvalue weighted by Gasteiger charge is 2.22. The van der Waals surface area contributed by atoms with Crippen molar-refractivity contribution >= 4 is 18.3 Å². The van der Waals surface area contributed by atoms with E-state index in [1.165, 1.54) is 0 Å². The van der Waals surface area contributed by atoms with Crippen LogP contribution in [-0.4, -0.2) is 61.0 Å². The maximum atomic E-state index is 11.9. The third kappa shape index (κ3) is 4.28. The fourth-order valence-electron chi connectivity index (χ4n) is 1.69. The van der Waals surface area contributed by atoms with Crippen molar-refractivity contribution in [1.82, 2.24) is 15.1 Å². The van der Waals surface area contributed by atoms with Crippen LogP contribution in [-0.2, 0) is 4.79 Å². The maximum absolute atomic E-state index is 11.9.